The van der Waals surface area contributed by atoms with Gasteiger partial charge in [-0.05, 0) is 72.3 Å². The number of nitrogens with one attached hydrogen (secondary N) is 1. The highest BCUT2D eigenvalue weighted by molar-refractivity contribution is 5.01. The molecule has 1 atom stereocenters. The Morgan fingerprint density at radius 1 is 1.05 bits per heavy atom. The number of rotatable bonds is 4. The van der Waals surface area contributed by atoms with Crippen LogP contribution in [0.4, 0.5) is 0 Å². The van der Waals surface area contributed by atoms with Crippen LogP contribution in [0.3, 0.4) is 0 Å². The predicted molar refractivity (Wildman–Crippen MR) is 83.0 cm³/mol. The number of likely N-dealkylation sites (tertiary alicyclic amines) is 1. The van der Waals surface area contributed by atoms with E-state index in [4.69, 9.17) is 4.74 Å². The van der Waals surface area contributed by atoms with Crippen LogP contribution in [-0.4, -0.2) is 47.8 Å². The molecule has 1 saturated carbocycles. The Kier molecular flexibility index (Phi) is 3.89. The van der Waals surface area contributed by atoms with Gasteiger partial charge in [0.05, 0.1) is 11.2 Å². The van der Waals surface area contributed by atoms with Crippen LogP contribution in [0.1, 0.15) is 59.8 Å². The minimum atomic E-state index is -0.00220. The van der Waals surface area contributed by atoms with Crippen LogP contribution in [0.2, 0.25) is 0 Å². The van der Waals surface area contributed by atoms with Gasteiger partial charge in [-0.15, -0.1) is 0 Å². The van der Waals surface area contributed by atoms with Gasteiger partial charge in [0.2, 0.25) is 0 Å². The molecule has 0 radical (unpaired) electrons. The predicted octanol–water partition coefficient (Wildman–Crippen LogP) is 2.80. The van der Waals surface area contributed by atoms with Gasteiger partial charge in [-0.25, -0.2) is 0 Å². The molecule has 0 spiro atoms. The molecule has 3 rings (SSSR count). The molecule has 0 bridgehead atoms. The standard InChI is InChI=1S/C17H32N2O/c1-16(2)11-15(17(3,4)20-16)19-9-7-14(8-10-19)18-12-13-5-6-13/h13-15,18H,5-12H2,1-4H3. The van der Waals surface area contributed by atoms with Crippen LogP contribution in [0.15, 0.2) is 0 Å². The molecule has 1 N–H and O–H groups in total. The van der Waals surface area contributed by atoms with Crippen molar-refractivity contribution < 1.29 is 4.74 Å². The van der Waals surface area contributed by atoms with Crippen molar-refractivity contribution in [2.45, 2.75) is 83.1 Å². The van der Waals surface area contributed by atoms with Gasteiger partial charge in [0.15, 0.2) is 0 Å². The zero-order valence-electron chi connectivity index (χ0n) is 13.7. The molecular weight excluding hydrogens is 248 g/mol. The average molecular weight is 280 g/mol. The fourth-order valence-electron chi connectivity index (χ4n) is 4.17. The van der Waals surface area contributed by atoms with E-state index < -0.39 is 0 Å². The van der Waals surface area contributed by atoms with E-state index in [1.807, 2.05) is 0 Å². The maximum atomic E-state index is 6.26. The first-order valence-corrected chi connectivity index (χ1v) is 8.53. The van der Waals surface area contributed by atoms with Crippen molar-refractivity contribution in [1.82, 2.24) is 10.2 Å². The summed E-state index contributed by atoms with van der Waals surface area (Å²) in [6, 6.07) is 1.34. The highest BCUT2D eigenvalue weighted by Crippen LogP contribution is 2.40. The van der Waals surface area contributed by atoms with Crippen LogP contribution < -0.4 is 5.32 Å². The van der Waals surface area contributed by atoms with E-state index >= 15 is 0 Å². The van der Waals surface area contributed by atoms with Crippen LogP contribution >= 0.6 is 0 Å². The summed E-state index contributed by atoms with van der Waals surface area (Å²) in [6.45, 7) is 12.7. The Bertz CT molecular complexity index is 341. The Morgan fingerprint density at radius 3 is 2.20 bits per heavy atom. The second-order valence-corrected chi connectivity index (χ2v) is 8.35. The molecule has 3 fully saturated rings. The van der Waals surface area contributed by atoms with Gasteiger partial charge < -0.3 is 10.1 Å². The van der Waals surface area contributed by atoms with Gasteiger partial charge in [0.25, 0.3) is 0 Å². The lowest BCUT2D eigenvalue weighted by molar-refractivity contribution is -0.0822. The number of hydrogen-bond donors (Lipinski definition) is 1. The lowest BCUT2D eigenvalue weighted by Crippen LogP contribution is -2.52. The summed E-state index contributed by atoms with van der Waals surface area (Å²) < 4.78 is 6.26. The molecule has 2 aliphatic heterocycles. The highest BCUT2D eigenvalue weighted by Gasteiger charge is 2.48. The zero-order chi connectivity index (χ0) is 14.4. The van der Waals surface area contributed by atoms with Crippen LogP contribution in [0.25, 0.3) is 0 Å². The second-order valence-electron chi connectivity index (χ2n) is 8.35. The minimum Gasteiger partial charge on any atom is -0.368 e. The molecule has 20 heavy (non-hydrogen) atoms. The first kappa shape index (κ1) is 14.8. The topological polar surface area (TPSA) is 24.5 Å². The molecule has 3 heteroatoms. The maximum Gasteiger partial charge on any atom is 0.0789 e. The number of hydrogen-bond acceptors (Lipinski definition) is 3. The third-order valence-electron chi connectivity index (χ3n) is 5.39. The van der Waals surface area contributed by atoms with Crippen molar-refractivity contribution in [3.63, 3.8) is 0 Å². The second kappa shape index (κ2) is 5.26. The third-order valence-corrected chi connectivity index (χ3v) is 5.39. The van der Waals surface area contributed by atoms with E-state index in [2.05, 4.69) is 37.9 Å². The smallest absolute Gasteiger partial charge is 0.0789 e. The highest BCUT2D eigenvalue weighted by atomic mass is 16.5. The molecule has 3 nitrogen and oxygen atoms in total. The molecule has 116 valence electrons. The third kappa shape index (κ3) is 3.37. The summed E-state index contributed by atoms with van der Waals surface area (Å²) in [5.41, 5.74) is 0.0347. The van der Waals surface area contributed by atoms with Crippen molar-refractivity contribution in [2.75, 3.05) is 19.6 Å². The molecular formula is C17H32N2O. The minimum absolute atomic E-state index is 0.00220. The largest absolute Gasteiger partial charge is 0.368 e. The Balaban J connectivity index is 1.49. The van der Waals surface area contributed by atoms with Crippen molar-refractivity contribution in [1.29, 1.82) is 0 Å². The Labute approximate surface area is 124 Å². The SMILES string of the molecule is CC1(C)CC(N2CCC(NCC3CC3)CC2)C(C)(C)O1. The van der Waals surface area contributed by atoms with Crippen LogP contribution in [-0.2, 0) is 4.74 Å². The fraction of sp³-hybridized carbons (Fsp3) is 1.00. The van der Waals surface area contributed by atoms with Crippen molar-refractivity contribution in [2.24, 2.45) is 5.92 Å². The molecule has 1 aliphatic carbocycles. The van der Waals surface area contributed by atoms with Gasteiger partial charge in [-0.1, -0.05) is 0 Å². The Hall–Kier alpha value is -0.120. The molecule has 2 heterocycles. The molecule has 2 saturated heterocycles. The van der Waals surface area contributed by atoms with Gasteiger partial charge in [0, 0.05) is 25.2 Å². The molecule has 0 aromatic rings. The molecule has 1 unspecified atom stereocenters. The molecule has 0 amide bonds. The monoisotopic (exact) mass is 280 g/mol. The van der Waals surface area contributed by atoms with Gasteiger partial charge >= 0.3 is 0 Å². The first-order chi connectivity index (χ1) is 9.36. The summed E-state index contributed by atoms with van der Waals surface area (Å²) in [5, 5.41) is 3.77. The number of nitrogens with zero attached hydrogens (tertiary/aromatic N) is 1. The fourth-order valence-corrected chi connectivity index (χ4v) is 4.17. The Morgan fingerprint density at radius 2 is 1.70 bits per heavy atom. The van der Waals surface area contributed by atoms with Crippen molar-refractivity contribution in [3.05, 3.63) is 0 Å². The summed E-state index contributed by atoms with van der Waals surface area (Å²) >= 11 is 0. The van der Waals surface area contributed by atoms with E-state index in [1.165, 1.54) is 51.7 Å². The van der Waals surface area contributed by atoms with Crippen LogP contribution in [0, 0.1) is 5.92 Å². The van der Waals surface area contributed by atoms with Gasteiger partial charge in [-0.3, -0.25) is 4.90 Å². The number of ether oxygens (including phenoxy) is 1. The lowest BCUT2D eigenvalue weighted by atomic mass is 9.90. The molecule has 0 aromatic carbocycles. The summed E-state index contributed by atoms with van der Waals surface area (Å²) in [6.07, 6.45) is 6.68. The van der Waals surface area contributed by atoms with Gasteiger partial charge in [0.1, 0.15) is 0 Å². The maximum absolute atomic E-state index is 6.26. The molecule has 0 aromatic heterocycles. The normalized spacial score (nSPS) is 34.5. The van der Waals surface area contributed by atoms with Crippen molar-refractivity contribution in [3.8, 4) is 0 Å². The summed E-state index contributed by atoms with van der Waals surface area (Å²) in [4.78, 5) is 2.68. The van der Waals surface area contributed by atoms with Crippen molar-refractivity contribution >= 4 is 0 Å². The van der Waals surface area contributed by atoms with E-state index in [9.17, 15) is 0 Å². The molecule has 3 aliphatic rings. The summed E-state index contributed by atoms with van der Waals surface area (Å²) in [5.74, 6) is 0.996. The van der Waals surface area contributed by atoms with Gasteiger partial charge in [-0.2, -0.15) is 0 Å². The van der Waals surface area contributed by atoms with E-state index in [0.29, 0.717) is 6.04 Å². The van der Waals surface area contributed by atoms with E-state index in [0.717, 1.165) is 12.0 Å². The lowest BCUT2D eigenvalue weighted by Gasteiger charge is -2.40. The first-order valence-electron chi connectivity index (χ1n) is 8.53. The zero-order valence-corrected chi connectivity index (χ0v) is 13.7. The van der Waals surface area contributed by atoms with E-state index in [1.54, 1.807) is 0 Å². The van der Waals surface area contributed by atoms with Crippen LogP contribution in [0.5, 0.6) is 0 Å². The summed E-state index contributed by atoms with van der Waals surface area (Å²) in [7, 11) is 0. The quantitative estimate of drug-likeness (QED) is 0.857. The average Bonchev–Trinajstić information content (AvgIpc) is 3.13. The van der Waals surface area contributed by atoms with E-state index in [-0.39, 0.29) is 11.2 Å². The number of piperidine rings is 1.